The van der Waals surface area contributed by atoms with Crippen molar-refractivity contribution < 1.29 is 0 Å². The number of benzene rings is 2. The molecule has 1 aliphatic carbocycles. The predicted molar refractivity (Wildman–Crippen MR) is 102 cm³/mol. The SMILES string of the molecule is c1ccc(-c2cc(NCC3(c4ccccc4)CC3)n3ncnc3n2)cc1. The first-order chi connectivity index (χ1) is 12.8. The van der Waals surface area contributed by atoms with Gasteiger partial charge in [0.1, 0.15) is 12.1 Å². The number of anilines is 1. The van der Waals surface area contributed by atoms with E-state index in [1.165, 1.54) is 18.4 Å². The Kier molecular flexibility index (Phi) is 3.45. The molecule has 1 aliphatic rings. The number of fused-ring (bicyclic) bond motifs is 1. The molecule has 128 valence electrons. The molecule has 0 bridgehead atoms. The topological polar surface area (TPSA) is 55.1 Å². The third-order valence-corrected chi connectivity index (χ3v) is 5.17. The van der Waals surface area contributed by atoms with E-state index in [1.807, 2.05) is 18.2 Å². The van der Waals surface area contributed by atoms with Crippen molar-refractivity contribution >= 4 is 11.6 Å². The van der Waals surface area contributed by atoms with Gasteiger partial charge in [-0.15, -0.1) is 0 Å². The molecule has 0 spiro atoms. The smallest absolute Gasteiger partial charge is 0.254 e. The number of rotatable bonds is 5. The lowest BCUT2D eigenvalue weighted by Gasteiger charge is -2.18. The van der Waals surface area contributed by atoms with Crippen LogP contribution in [0, 0.1) is 0 Å². The lowest BCUT2D eigenvalue weighted by molar-refractivity contribution is 0.725. The summed E-state index contributed by atoms with van der Waals surface area (Å²) in [4.78, 5) is 8.92. The fraction of sp³-hybridized carbons (Fsp3) is 0.190. The van der Waals surface area contributed by atoms with Gasteiger partial charge in [-0.05, 0) is 18.4 Å². The zero-order chi connectivity index (χ0) is 17.4. The Morgan fingerprint density at radius 1 is 0.962 bits per heavy atom. The molecule has 0 saturated heterocycles. The molecule has 0 radical (unpaired) electrons. The van der Waals surface area contributed by atoms with E-state index in [0.717, 1.165) is 23.6 Å². The minimum atomic E-state index is 0.227. The number of nitrogens with one attached hydrogen (secondary N) is 1. The van der Waals surface area contributed by atoms with Crippen molar-refractivity contribution in [2.24, 2.45) is 0 Å². The summed E-state index contributed by atoms with van der Waals surface area (Å²) >= 11 is 0. The maximum atomic E-state index is 4.63. The van der Waals surface area contributed by atoms with E-state index in [1.54, 1.807) is 10.8 Å². The Morgan fingerprint density at radius 3 is 2.42 bits per heavy atom. The highest BCUT2D eigenvalue weighted by atomic mass is 15.4. The van der Waals surface area contributed by atoms with Crippen molar-refractivity contribution in [1.82, 2.24) is 19.6 Å². The Bertz CT molecular complexity index is 1040. The van der Waals surface area contributed by atoms with E-state index in [-0.39, 0.29) is 5.41 Å². The fourth-order valence-corrected chi connectivity index (χ4v) is 3.46. The van der Waals surface area contributed by atoms with Gasteiger partial charge in [0.15, 0.2) is 0 Å². The average Bonchev–Trinajstić information content (AvgIpc) is 3.35. The van der Waals surface area contributed by atoms with Gasteiger partial charge in [0.25, 0.3) is 5.78 Å². The predicted octanol–water partition coefficient (Wildman–Crippen LogP) is 3.94. The number of hydrogen-bond acceptors (Lipinski definition) is 4. The van der Waals surface area contributed by atoms with Crippen LogP contribution in [0.15, 0.2) is 73.1 Å². The molecule has 4 aromatic rings. The van der Waals surface area contributed by atoms with Crippen LogP contribution in [0.4, 0.5) is 5.82 Å². The van der Waals surface area contributed by atoms with Gasteiger partial charge < -0.3 is 5.32 Å². The molecule has 1 fully saturated rings. The monoisotopic (exact) mass is 341 g/mol. The van der Waals surface area contributed by atoms with Crippen LogP contribution in [0.3, 0.4) is 0 Å². The van der Waals surface area contributed by atoms with E-state index in [9.17, 15) is 0 Å². The van der Waals surface area contributed by atoms with Crippen LogP contribution in [0.25, 0.3) is 17.0 Å². The van der Waals surface area contributed by atoms with Gasteiger partial charge in [-0.3, -0.25) is 0 Å². The lowest BCUT2D eigenvalue weighted by Crippen LogP contribution is -2.21. The maximum absolute atomic E-state index is 4.63. The summed E-state index contributed by atoms with van der Waals surface area (Å²) in [5, 5.41) is 7.93. The summed E-state index contributed by atoms with van der Waals surface area (Å²) in [6.07, 6.45) is 3.97. The third kappa shape index (κ3) is 2.62. The summed E-state index contributed by atoms with van der Waals surface area (Å²) in [6, 6.07) is 23.0. The summed E-state index contributed by atoms with van der Waals surface area (Å²) in [6.45, 7) is 0.879. The maximum Gasteiger partial charge on any atom is 0.254 e. The largest absolute Gasteiger partial charge is 0.369 e. The summed E-state index contributed by atoms with van der Waals surface area (Å²) < 4.78 is 1.77. The molecule has 2 aromatic heterocycles. The molecule has 5 heteroatoms. The quantitative estimate of drug-likeness (QED) is 0.597. The van der Waals surface area contributed by atoms with Crippen LogP contribution in [0.1, 0.15) is 18.4 Å². The Labute approximate surface area is 151 Å². The van der Waals surface area contributed by atoms with Crippen LogP contribution >= 0.6 is 0 Å². The van der Waals surface area contributed by atoms with E-state index >= 15 is 0 Å². The molecule has 2 aromatic carbocycles. The van der Waals surface area contributed by atoms with Crippen molar-refractivity contribution in [1.29, 1.82) is 0 Å². The van der Waals surface area contributed by atoms with Crippen LogP contribution in [-0.2, 0) is 5.41 Å². The molecule has 5 rings (SSSR count). The van der Waals surface area contributed by atoms with Gasteiger partial charge in [0.2, 0.25) is 0 Å². The van der Waals surface area contributed by atoms with Crippen LogP contribution in [0.2, 0.25) is 0 Å². The standard InChI is InChI=1S/C21H19N5/c1-3-7-16(8-4-1)18-13-19(26-20(25-18)23-15-24-26)22-14-21(11-12-21)17-9-5-2-6-10-17/h1-10,13,15,22H,11-12,14H2. The highest BCUT2D eigenvalue weighted by Gasteiger charge is 2.43. The van der Waals surface area contributed by atoms with Gasteiger partial charge >= 0.3 is 0 Å². The van der Waals surface area contributed by atoms with Gasteiger partial charge in [0, 0.05) is 23.6 Å². The van der Waals surface area contributed by atoms with Crippen molar-refractivity contribution in [3.8, 4) is 11.3 Å². The third-order valence-electron chi connectivity index (χ3n) is 5.17. The molecule has 0 aliphatic heterocycles. The van der Waals surface area contributed by atoms with Crippen molar-refractivity contribution in [2.45, 2.75) is 18.3 Å². The molecule has 0 amide bonds. The van der Waals surface area contributed by atoms with Crippen molar-refractivity contribution in [3.63, 3.8) is 0 Å². The molecule has 26 heavy (non-hydrogen) atoms. The van der Waals surface area contributed by atoms with Crippen molar-refractivity contribution in [3.05, 3.63) is 78.6 Å². The molecule has 1 N–H and O–H groups in total. The summed E-state index contributed by atoms with van der Waals surface area (Å²) in [5.74, 6) is 1.53. The second-order valence-corrected chi connectivity index (χ2v) is 6.86. The normalized spacial score (nSPS) is 15.1. The Balaban J connectivity index is 1.48. The average molecular weight is 341 g/mol. The highest BCUT2D eigenvalue weighted by Crippen LogP contribution is 2.48. The van der Waals surface area contributed by atoms with Crippen LogP contribution in [-0.4, -0.2) is 26.1 Å². The van der Waals surface area contributed by atoms with E-state index in [0.29, 0.717) is 5.78 Å². The highest BCUT2D eigenvalue weighted by molar-refractivity contribution is 5.65. The van der Waals surface area contributed by atoms with Gasteiger partial charge in [-0.25, -0.2) is 4.98 Å². The Morgan fingerprint density at radius 2 is 1.69 bits per heavy atom. The number of hydrogen-bond donors (Lipinski definition) is 1. The summed E-state index contributed by atoms with van der Waals surface area (Å²) in [7, 11) is 0. The molecular weight excluding hydrogens is 322 g/mol. The van der Waals surface area contributed by atoms with Gasteiger partial charge in [-0.1, -0.05) is 60.7 Å². The second kappa shape index (κ2) is 5.95. The lowest BCUT2D eigenvalue weighted by atomic mass is 9.96. The zero-order valence-corrected chi connectivity index (χ0v) is 14.3. The molecule has 1 saturated carbocycles. The second-order valence-electron chi connectivity index (χ2n) is 6.86. The minimum absolute atomic E-state index is 0.227. The number of aromatic nitrogens is 4. The molecule has 5 nitrogen and oxygen atoms in total. The molecular formula is C21H19N5. The number of nitrogens with zero attached hydrogens (tertiary/aromatic N) is 4. The van der Waals surface area contributed by atoms with Crippen LogP contribution in [0.5, 0.6) is 0 Å². The molecule has 2 heterocycles. The molecule has 0 atom stereocenters. The van der Waals surface area contributed by atoms with E-state index in [4.69, 9.17) is 0 Å². The minimum Gasteiger partial charge on any atom is -0.369 e. The first-order valence-electron chi connectivity index (χ1n) is 8.90. The first-order valence-corrected chi connectivity index (χ1v) is 8.90. The van der Waals surface area contributed by atoms with Crippen LogP contribution < -0.4 is 5.32 Å². The first kappa shape index (κ1) is 15.1. The van der Waals surface area contributed by atoms with E-state index < -0.39 is 0 Å². The fourth-order valence-electron chi connectivity index (χ4n) is 3.46. The zero-order valence-electron chi connectivity index (χ0n) is 14.3. The Hall–Kier alpha value is -3.21. The van der Waals surface area contributed by atoms with Gasteiger partial charge in [0.05, 0.1) is 5.69 Å². The molecule has 0 unspecified atom stereocenters. The van der Waals surface area contributed by atoms with Crippen molar-refractivity contribution in [2.75, 3.05) is 11.9 Å². The van der Waals surface area contributed by atoms with E-state index in [2.05, 4.69) is 68.9 Å². The summed E-state index contributed by atoms with van der Waals surface area (Å²) in [5.41, 5.74) is 3.60. The van der Waals surface area contributed by atoms with Gasteiger partial charge in [-0.2, -0.15) is 14.6 Å².